The molecule has 3 heteroatoms. The fourth-order valence-corrected chi connectivity index (χ4v) is 13.4. The highest BCUT2D eigenvalue weighted by molar-refractivity contribution is 7.28. The molecule has 1 aliphatic heterocycles. The van der Waals surface area contributed by atoms with Crippen molar-refractivity contribution in [3.05, 3.63) is 117 Å². The Labute approximate surface area is 368 Å². The molecule has 0 radical (unpaired) electrons. The molecule has 3 aliphatic carbocycles. The molecular formula is C57H72BNS. The van der Waals surface area contributed by atoms with Gasteiger partial charge in [-0.3, -0.25) is 0 Å². The Morgan fingerprint density at radius 3 is 1.53 bits per heavy atom. The van der Waals surface area contributed by atoms with Crippen LogP contribution in [-0.2, 0) is 37.9 Å². The molecule has 0 bridgehead atoms. The van der Waals surface area contributed by atoms with Crippen molar-refractivity contribution in [2.24, 2.45) is 0 Å². The summed E-state index contributed by atoms with van der Waals surface area (Å²) in [6, 6.07) is 30.1. The highest BCUT2D eigenvalue weighted by Gasteiger charge is 2.47. The van der Waals surface area contributed by atoms with E-state index in [4.69, 9.17) is 0 Å². The zero-order valence-electron chi connectivity index (χ0n) is 40.1. The van der Waals surface area contributed by atoms with Crippen LogP contribution in [0.5, 0.6) is 0 Å². The average molecular weight is 814 g/mol. The summed E-state index contributed by atoms with van der Waals surface area (Å²) in [5.41, 5.74) is 20.7. The van der Waals surface area contributed by atoms with Crippen molar-refractivity contribution in [1.82, 2.24) is 0 Å². The van der Waals surface area contributed by atoms with Gasteiger partial charge in [0.25, 0.3) is 6.71 Å². The van der Waals surface area contributed by atoms with Crippen molar-refractivity contribution in [3.8, 4) is 11.1 Å². The topological polar surface area (TPSA) is 3.24 Å². The molecular weight excluding hydrogens is 742 g/mol. The first kappa shape index (κ1) is 41.8. The van der Waals surface area contributed by atoms with Gasteiger partial charge in [-0.1, -0.05) is 152 Å². The maximum absolute atomic E-state index is 2.76. The molecule has 1 nitrogen and oxygen atoms in total. The number of benzene rings is 4. The third-order valence-electron chi connectivity index (χ3n) is 16.3. The van der Waals surface area contributed by atoms with Crippen LogP contribution in [0.3, 0.4) is 0 Å². The molecule has 60 heavy (non-hydrogen) atoms. The molecule has 0 unspecified atom stereocenters. The van der Waals surface area contributed by atoms with Crippen molar-refractivity contribution >= 4 is 50.8 Å². The van der Waals surface area contributed by atoms with Crippen molar-refractivity contribution in [1.29, 1.82) is 0 Å². The van der Waals surface area contributed by atoms with Gasteiger partial charge in [-0.15, -0.1) is 0 Å². The van der Waals surface area contributed by atoms with Gasteiger partial charge in [0.1, 0.15) is 0 Å². The summed E-state index contributed by atoms with van der Waals surface area (Å²) in [7, 11) is 0. The number of hydrogen-bond donors (Lipinski definition) is 0. The van der Waals surface area contributed by atoms with Gasteiger partial charge in [0.15, 0.2) is 0 Å². The van der Waals surface area contributed by atoms with Crippen LogP contribution in [0.2, 0.25) is 0 Å². The lowest BCUT2D eigenvalue weighted by molar-refractivity contribution is 0.332. The van der Waals surface area contributed by atoms with E-state index in [1.165, 1.54) is 110 Å². The maximum atomic E-state index is 2.76. The second-order valence-corrected chi connectivity index (χ2v) is 25.8. The van der Waals surface area contributed by atoms with E-state index in [-0.39, 0.29) is 44.6 Å². The van der Waals surface area contributed by atoms with E-state index < -0.39 is 0 Å². The Morgan fingerprint density at radius 1 is 0.483 bits per heavy atom. The van der Waals surface area contributed by atoms with Gasteiger partial charge < -0.3 is 4.90 Å². The largest absolute Gasteiger partial charge is 0.311 e. The Balaban J connectivity index is 1.43. The first-order valence-corrected chi connectivity index (χ1v) is 24.1. The van der Waals surface area contributed by atoms with E-state index in [0.29, 0.717) is 0 Å². The Bertz CT molecular complexity index is 2530. The summed E-state index contributed by atoms with van der Waals surface area (Å²) < 4.78 is 1.51. The Kier molecular flexibility index (Phi) is 9.21. The van der Waals surface area contributed by atoms with Gasteiger partial charge in [0.05, 0.1) is 5.69 Å². The summed E-state index contributed by atoms with van der Waals surface area (Å²) in [6.45, 7) is 39.5. The molecule has 0 saturated carbocycles. The molecule has 0 fully saturated rings. The summed E-state index contributed by atoms with van der Waals surface area (Å²) in [5.74, 6) is 0. The number of anilines is 3. The second kappa shape index (κ2) is 13.2. The van der Waals surface area contributed by atoms with E-state index in [1.807, 2.05) is 0 Å². The summed E-state index contributed by atoms with van der Waals surface area (Å²) in [6.07, 6.45) is 7.24. The minimum atomic E-state index is -0.0214. The predicted octanol–water partition coefficient (Wildman–Crippen LogP) is 14.4. The molecule has 5 aromatic rings. The normalized spacial score (nSPS) is 21.3. The van der Waals surface area contributed by atoms with Crippen LogP contribution in [0.25, 0.3) is 11.1 Å². The van der Waals surface area contributed by atoms with Crippen molar-refractivity contribution < 1.29 is 0 Å². The van der Waals surface area contributed by atoms with Gasteiger partial charge >= 0.3 is 0 Å². The zero-order chi connectivity index (χ0) is 43.3. The fraction of sp³-hybridized carbons (Fsp3) is 0.509. The first-order chi connectivity index (χ1) is 27.7. The van der Waals surface area contributed by atoms with E-state index in [9.17, 15) is 0 Å². The molecule has 4 aromatic carbocycles. The first-order valence-electron chi connectivity index (χ1n) is 23.3. The van der Waals surface area contributed by atoms with E-state index in [1.54, 1.807) is 16.0 Å². The summed E-state index contributed by atoms with van der Waals surface area (Å²) in [5, 5.41) is 0. The van der Waals surface area contributed by atoms with Gasteiger partial charge in [-0.05, 0) is 168 Å². The second-order valence-electron chi connectivity index (χ2n) is 24.7. The van der Waals surface area contributed by atoms with Crippen LogP contribution >= 0.6 is 11.3 Å². The van der Waals surface area contributed by atoms with Crippen LogP contribution in [0.1, 0.15) is 186 Å². The highest BCUT2D eigenvalue weighted by Crippen LogP contribution is 2.55. The van der Waals surface area contributed by atoms with Crippen LogP contribution in [0.15, 0.2) is 72.8 Å². The lowest BCUT2D eigenvalue weighted by Gasteiger charge is -2.46. The zero-order valence-corrected chi connectivity index (χ0v) is 40.9. The van der Waals surface area contributed by atoms with E-state index in [0.717, 1.165) is 0 Å². The average Bonchev–Trinajstić information content (AvgIpc) is 3.63. The van der Waals surface area contributed by atoms with Crippen LogP contribution in [0.4, 0.5) is 17.1 Å². The molecule has 0 spiro atoms. The minimum absolute atomic E-state index is 0.0214. The van der Waals surface area contributed by atoms with Gasteiger partial charge in [-0.2, -0.15) is 11.3 Å². The molecule has 314 valence electrons. The Morgan fingerprint density at radius 2 is 0.967 bits per heavy atom. The number of aryl methyl sites for hydroxylation is 1. The van der Waals surface area contributed by atoms with Crippen molar-refractivity contribution in [2.45, 2.75) is 187 Å². The summed E-state index contributed by atoms with van der Waals surface area (Å²) in [4.78, 5) is 4.37. The molecule has 2 heterocycles. The standard InChI is InChI=1S/C57H72BNS/c1-35-21-22-44-47(29-35)59(46-32-41-39(52(5,6)23-25-54(41,9)10)30-37(46)36-19-17-18-20-38(36)51(2,3)4)48-33-42-40(53(7,8)24-26-55(42,11)12)31-45(48)58(44)49-34-43-50(60-49)57(15,16)28-27-56(43,13)14/h17-22,29-34H,23-28H2,1-16H3. The third-order valence-corrected chi connectivity index (χ3v) is 17.8. The summed E-state index contributed by atoms with van der Waals surface area (Å²) >= 11 is 2.12. The van der Waals surface area contributed by atoms with Crippen LogP contribution < -0.4 is 20.6 Å². The minimum Gasteiger partial charge on any atom is -0.311 e. The molecule has 1 aromatic heterocycles. The lowest BCUT2D eigenvalue weighted by atomic mass is 9.37. The molecule has 9 rings (SSSR count). The molecule has 4 aliphatic rings. The van der Waals surface area contributed by atoms with Gasteiger partial charge in [0.2, 0.25) is 0 Å². The molecule has 0 N–H and O–H groups in total. The van der Waals surface area contributed by atoms with Gasteiger partial charge in [-0.25, -0.2) is 0 Å². The van der Waals surface area contributed by atoms with Crippen molar-refractivity contribution in [3.63, 3.8) is 0 Å². The van der Waals surface area contributed by atoms with Crippen molar-refractivity contribution in [2.75, 3.05) is 4.90 Å². The lowest BCUT2D eigenvalue weighted by Crippen LogP contribution is -2.57. The number of nitrogens with zero attached hydrogens (tertiary/aromatic N) is 1. The highest BCUT2D eigenvalue weighted by atomic mass is 32.1. The van der Waals surface area contributed by atoms with E-state index in [2.05, 4.69) is 200 Å². The smallest absolute Gasteiger partial charge is 0.259 e. The van der Waals surface area contributed by atoms with E-state index >= 15 is 0 Å². The monoisotopic (exact) mass is 814 g/mol. The molecule has 0 saturated heterocycles. The third kappa shape index (κ3) is 6.44. The van der Waals surface area contributed by atoms with Crippen LogP contribution in [-0.4, -0.2) is 6.71 Å². The molecule has 0 amide bonds. The van der Waals surface area contributed by atoms with Gasteiger partial charge in [0, 0.05) is 21.8 Å². The maximum Gasteiger partial charge on any atom is 0.259 e. The quantitative estimate of drug-likeness (QED) is 0.161. The number of hydrogen-bond acceptors (Lipinski definition) is 2. The number of fused-ring (bicyclic) bond motifs is 5. The Hall–Kier alpha value is -3.56. The molecule has 0 atom stereocenters. The number of rotatable bonds is 3. The fourth-order valence-electron chi connectivity index (χ4n) is 11.8. The predicted molar refractivity (Wildman–Crippen MR) is 265 cm³/mol. The van der Waals surface area contributed by atoms with Crippen LogP contribution in [0, 0.1) is 6.92 Å². The SMILES string of the molecule is Cc1ccc2c(c1)N(c1cc3c(cc1-c1ccccc1C(C)(C)C)C(C)(C)CCC3(C)C)c1cc3c(cc1B2c1cc2c(s1)C(C)(C)CCC2(C)C)C(C)(C)CCC3(C)C. The number of thiophene rings is 1.